The molecule has 1 unspecified atom stereocenters. The highest BCUT2D eigenvalue weighted by molar-refractivity contribution is 5.97. The monoisotopic (exact) mass is 276 g/mol. The van der Waals surface area contributed by atoms with E-state index >= 15 is 0 Å². The standard InChI is InChI=1S/C13H16N4O3/c18-13-11-3-1-2-6-15(11)7-8-16(13)10-4-5-12(14-9-10)17(19)20/h4-5,9,11H,1-3,6-8H2. The molecule has 0 saturated carbocycles. The van der Waals surface area contributed by atoms with Gasteiger partial charge in [-0.05, 0) is 35.4 Å². The molecule has 0 N–H and O–H groups in total. The lowest BCUT2D eigenvalue weighted by Gasteiger charge is -2.42. The third-order valence-corrected chi connectivity index (χ3v) is 4.01. The molecule has 2 aliphatic heterocycles. The first kappa shape index (κ1) is 13.0. The van der Waals surface area contributed by atoms with E-state index in [1.54, 1.807) is 11.0 Å². The molecule has 7 nitrogen and oxygen atoms in total. The summed E-state index contributed by atoms with van der Waals surface area (Å²) >= 11 is 0. The van der Waals surface area contributed by atoms with E-state index in [1.807, 2.05) is 0 Å². The number of carbonyl (C=O) groups excluding carboxylic acids is 1. The van der Waals surface area contributed by atoms with Crippen LogP contribution in [0.25, 0.3) is 0 Å². The summed E-state index contributed by atoms with van der Waals surface area (Å²) in [5.74, 6) is -0.107. The molecular weight excluding hydrogens is 260 g/mol. The molecule has 2 fully saturated rings. The molecule has 2 saturated heterocycles. The van der Waals surface area contributed by atoms with Gasteiger partial charge in [0, 0.05) is 19.2 Å². The zero-order valence-corrected chi connectivity index (χ0v) is 11.1. The van der Waals surface area contributed by atoms with Gasteiger partial charge in [-0.25, -0.2) is 0 Å². The number of pyridine rings is 1. The third-order valence-electron chi connectivity index (χ3n) is 4.01. The van der Waals surface area contributed by atoms with Gasteiger partial charge in [-0.3, -0.25) is 9.69 Å². The zero-order chi connectivity index (χ0) is 14.1. The highest BCUT2D eigenvalue weighted by atomic mass is 16.6. The van der Waals surface area contributed by atoms with Crippen LogP contribution in [0.1, 0.15) is 19.3 Å². The van der Waals surface area contributed by atoms with Gasteiger partial charge in [0.2, 0.25) is 5.91 Å². The number of amides is 1. The van der Waals surface area contributed by atoms with Crippen molar-refractivity contribution in [3.8, 4) is 0 Å². The van der Waals surface area contributed by atoms with Crippen molar-refractivity contribution in [3.05, 3.63) is 28.4 Å². The van der Waals surface area contributed by atoms with Crippen LogP contribution in [-0.2, 0) is 4.79 Å². The molecule has 0 aliphatic carbocycles. The van der Waals surface area contributed by atoms with Crippen LogP contribution in [0, 0.1) is 10.1 Å². The molecule has 106 valence electrons. The fourth-order valence-corrected chi connectivity index (χ4v) is 2.96. The van der Waals surface area contributed by atoms with E-state index in [9.17, 15) is 14.9 Å². The normalized spacial score (nSPS) is 23.5. The summed E-state index contributed by atoms with van der Waals surface area (Å²) in [4.78, 5) is 30.3. The summed E-state index contributed by atoms with van der Waals surface area (Å²) in [5, 5.41) is 10.6. The average molecular weight is 276 g/mol. The van der Waals surface area contributed by atoms with Crippen molar-refractivity contribution in [2.75, 3.05) is 24.5 Å². The van der Waals surface area contributed by atoms with E-state index in [0.717, 1.165) is 32.4 Å². The Morgan fingerprint density at radius 1 is 1.25 bits per heavy atom. The number of nitrogens with zero attached hydrogens (tertiary/aromatic N) is 4. The summed E-state index contributed by atoms with van der Waals surface area (Å²) in [6, 6.07) is 2.91. The lowest BCUT2D eigenvalue weighted by molar-refractivity contribution is -0.389. The molecule has 0 spiro atoms. The fourth-order valence-electron chi connectivity index (χ4n) is 2.96. The third kappa shape index (κ3) is 2.24. The van der Waals surface area contributed by atoms with E-state index in [-0.39, 0.29) is 17.8 Å². The maximum Gasteiger partial charge on any atom is 0.363 e. The fraction of sp³-hybridized carbons (Fsp3) is 0.538. The molecule has 3 rings (SSSR count). The van der Waals surface area contributed by atoms with Crippen LogP contribution in [0.4, 0.5) is 11.5 Å². The topological polar surface area (TPSA) is 79.6 Å². The maximum absolute atomic E-state index is 12.5. The highest BCUT2D eigenvalue weighted by Gasteiger charge is 2.36. The van der Waals surface area contributed by atoms with Gasteiger partial charge >= 0.3 is 5.82 Å². The molecule has 1 amide bonds. The minimum atomic E-state index is -0.537. The van der Waals surface area contributed by atoms with Crippen LogP contribution in [0.5, 0.6) is 0 Å². The van der Waals surface area contributed by atoms with E-state index in [0.29, 0.717) is 12.2 Å². The maximum atomic E-state index is 12.5. The van der Waals surface area contributed by atoms with Gasteiger partial charge in [0.05, 0.1) is 11.7 Å². The van der Waals surface area contributed by atoms with Crippen molar-refractivity contribution >= 4 is 17.4 Å². The predicted molar refractivity (Wildman–Crippen MR) is 72.5 cm³/mol. The Morgan fingerprint density at radius 2 is 2.10 bits per heavy atom. The Kier molecular flexibility index (Phi) is 3.35. The first-order chi connectivity index (χ1) is 9.66. The second kappa shape index (κ2) is 5.16. The van der Waals surface area contributed by atoms with Crippen LogP contribution >= 0.6 is 0 Å². The number of carbonyl (C=O) groups is 1. The molecule has 0 radical (unpaired) electrons. The Bertz CT molecular complexity index is 531. The second-order valence-electron chi connectivity index (χ2n) is 5.17. The summed E-state index contributed by atoms with van der Waals surface area (Å²) in [7, 11) is 0. The number of anilines is 1. The summed E-state index contributed by atoms with van der Waals surface area (Å²) in [6.45, 7) is 2.46. The van der Waals surface area contributed by atoms with Crippen molar-refractivity contribution < 1.29 is 9.72 Å². The number of aromatic nitrogens is 1. The first-order valence-corrected chi connectivity index (χ1v) is 6.83. The minimum Gasteiger partial charge on any atom is -0.358 e. The largest absolute Gasteiger partial charge is 0.363 e. The van der Waals surface area contributed by atoms with Crippen molar-refractivity contribution in [2.45, 2.75) is 25.3 Å². The number of hydrogen-bond acceptors (Lipinski definition) is 5. The smallest absolute Gasteiger partial charge is 0.358 e. The molecule has 7 heteroatoms. The predicted octanol–water partition coefficient (Wildman–Crippen LogP) is 1.19. The number of hydrogen-bond donors (Lipinski definition) is 0. The Balaban J connectivity index is 1.80. The molecular formula is C13H16N4O3. The lowest BCUT2D eigenvalue weighted by atomic mass is 9.98. The van der Waals surface area contributed by atoms with Crippen LogP contribution in [0.15, 0.2) is 18.3 Å². The van der Waals surface area contributed by atoms with Crippen LogP contribution in [0.3, 0.4) is 0 Å². The van der Waals surface area contributed by atoms with Crippen molar-refractivity contribution in [1.82, 2.24) is 9.88 Å². The second-order valence-corrected chi connectivity index (χ2v) is 5.17. The molecule has 0 aromatic carbocycles. The van der Waals surface area contributed by atoms with Gasteiger partial charge in [-0.2, -0.15) is 0 Å². The van der Waals surface area contributed by atoms with Crippen LogP contribution < -0.4 is 4.90 Å². The Labute approximate surface area is 116 Å². The molecule has 3 heterocycles. The number of nitro groups is 1. The van der Waals surface area contributed by atoms with Crippen LogP contribution in [0.2, 0.25) is 0 Å². The SMILES string of the molecule is O=C1C2CCCCN2CCN1c1ccc([N+](=O)[O-])nc1. The Morgan fingerprint density at radius 3 is 2.80 bits per heavy atom. The number of fused-ring (bicyclic) bond motifs is 1. The minimum absolute atomic E-state index is 0.0345. The summed E-state index contributed by atoms with van der Waals surface area (Å²) in [5.41, 5.74) is 0.644. The highest BCUT2D eigenvalue weighted by Crippen LogP contribution is 2.26. The van der Waals surface area contributed by atoms with E-state index in [4.69, 9.17) is 0 Å². The van der Waals surface area contributed by atoms with Gasteiger partial charge in [0.15, 0.2) is 6.20 Å². The summed E-state index contributed by atoms with van der Waals surface area (Å²) in [6.07, 6.45) is 4.55. The molecule has 2 aliphatic rings. The first-order valence-electron chi connectivity index (χ1n) is 6.83. The lowest BCUT2D eigenvalue weighted by Crippen LogP contribution is -2.58. The number of piperidine rings is 1. The zero-order valence-electron chi connectivity index (χ0n) is 11.1. The van der Waals surface area contributed by atoms with Gasteiger partial charge in [0.25, 0.3) is 0 Å². The van der Waals surface area contributed by atoms with Gasteiger partial charge in [-0.1, -0.05) is 6.42 Å². The number of piperazine rings is 1. The van der Waals surface area contributed by atoms with E-state index in [2.05, 4.69) is 9.88 Å². The molecule has 1 aromatic heterocycles. The molecule has 1 aromatic rings. The summed E-state index contributed by atoms with van der Waals surface area (Å²) < 4.78 is 0. The molecule has 20 heavy (non-hydrogen) atoms. The number of rotatable bonds is 2. The van der Waals surface area contributed by atoms with Gasteiger partial charge < -0.3 is 15.0 Å². The van der Waals surface area contributed by atoms with Gasteiger partial charge in [0.1, 0.15) is 0 Å². The van der Waals surface area contributed by atoms with Gasteiger partial charge in [-0.15, -0.1) is 0 Å². The average Bonchev–Trinajstić information content (AvgIpc) is 2.48. The quantitative estimate of drug-likeness (QED) is 0.599. The molecule has 1 atom stereocenters. The van der Waals surface area contributed by atoms with E-state index in [1.165, 1.54) is 12.3 Å². The van der Waals surface area contributed by atoms with Crippen molar-refractivity contribution in [1.29, 1.82) is 0 Å². The Hall–Kier alpha value is -2.02. The van der Waals surface area contributed by atoms with Crippen molar-refractivity contribution in [2.24, 2.45) is 0 Å². The van der Waals surface area contributed by atoms with E-state index < -0.39 is 4.92 Å². The van der Waals surface area contributed by atoms with Crippen molar-refractivity contribution in [3.63, 3.8) is 0 Å². The molecule has 0 bridgehead atoms. The van der Waals surface area contributed by atoms with Crippen LogP contribution in [-0.4, -0.2) is 46.4 Å².